The van der Waals surface area contributed by atoms with Crippen LogP contribution < -0.4 is 5.73 Å². The number of nitrogens with zero attached hydrogens (tertiary/aromatic N) is 2. The fourth-order valence-corrected chi connectivity index (χ4v) is 2.19. The van der Waals surface area contributed by atoms with Crippen LogP contribution in [0, 0.1) is 11.3 Å². The smallest absolute Gasteiger partial charge is 0.255 e. The van der Waals surface area contributed by atoms with Gasteiger partial charge in [0.15, 0.2) is 0 Å². The Bertz CT molecular complexity index is 680. The minimum atomic E-state index is -0.209. The van der Waals surface area contributed by atoms with Gasteiger partial charge in [0, 0.05) is 22.3 Å². The molecule has 5 heteroatoms. The molecule has 0 saturated heterocycles. The number of anilines is 1. The van der Waals surface area contributed by atoms with E-state index in [1.165, 1.54) is 4.90 Å². The van der Waals surface area contributed by atoms with Gasteiger partial charge in [-0.25, -0.2) is 0 Å². The van der Waals surface area contributed by atoms with Crippen molar-refractivity contribution in [2.75, 3.05) is 12.3 Å². The first-order valence-corrected chi connectivity index (χ1v) is 7.16. The summed E-state index contributed by atoms with van der Waals surface area (Å²) < 4.78 is 0.744. The molecule has 0 aromatic heterocycles. The fourth-order valence-electron chi connectivity index (χ4n) is 1.95. The lowest BCUT2D eigenvalue weighted by atomic mass is 10.1. The normalized spacial score (nSPS) is 9.90. The highest BCUT2D eigenvalue weighted by molar-refractivity contribution is 9.10. The predicted molar refractivity (Wildman–Crippen MR) is 85.3 cm³/mol. The van der Waals surface area contributed by atoms with Crippen LogP contribution >= 0.6 is 15.9 Å². The average molecular weight is 344 g/mol. The zero-order valence-corrected chi connectivity index (χ0v) is 12.9. The summed E-state index contributed by atoms with van der Waals surface area (Å²) in [6.45, 7) is 0.424. The molecule has 1 amide bonds. The first kappa shape index (κ1) is 15.1. The molecule has 0 aliphatic rings. The maximum absolute atomic E-state index is 12.5. The van der Waals surface area contributed by atoms with Crippen molar-refractivity contribution in [2.45, 2.75) is 6.54 Å². The molecule has 0 spiro atoms. The summed E-state index contributed by atoms with van der Waals surface area (Å²) in [5.41, 5.74) is 7.75. The lowest BCUT2D eigenvalue weighted by Gasteiger charge is -2.20. The van der Waals surface area contributed by atoms with Gasteiger partial charge in [-0.15, -0.1) is 0 Å². The minimum Gasteiger partial charge on any atom is -0.398 e. The van der Waals surface area contributed by atoms with Gasteiger partial charge >= 0.3 is 0 Å². The van der Waals surface area contributed by atoms with Gasteiger partial charge in [0.1, 0.15) is 6.54 Å². The third kappa shape index (κ3) is 3.83. The van der Waals surface area contributed by atoms with Crippen LogP contribution in [0.4, 0.5) is 5.69 Å². The summed E-state index contributed by atoms with van der Waals surface area (Å²) in [5.74, 6) is -0.209. The molecule has 106 valence electrons. The second-order valence-corrected chi connectivity index (χ2v) is 5.40. The lowest BCUT2D eigenvalue weighted by Crippen LogP contribution is -2.31. The Morgan fingerprint density at radius 1 is 1.24 bits per heavy atom. The van der Waals surface area contributed by atoms with Gasteiger partial charge in [-0.1, -0.05) is 30.3 Å². The summed E-state index contributed by atoms with van der Waals surface area (Å²) in [6, 6.07) is 16.6. The minimum absolute atomic E-state index is 0.0314. The van der Waals surface area contributed by atoms with E-state index in [0.29, 0.717) is 17.8 Å². The third-order valence-corrected chi connectivity index (χ3v) is 3.73. The van der Waals surface area contributed by atoms with Crippen LogP contribution in [0.5, 0.6) is 0 Å². The van der Waals surface area contributed by atoms with Crippen molar-refractivity contribution in [2.24, 2.45) is 0 Å². The molecule has 0 saturated carbocycles. The Morgan fingerprint density at radius 3 is 2.57 bits per heavy atom. The average Bonchev–Trinajstić information content (AvgIpc) is 2.50. The number of nitrogen functional groups attached to an aromatic ring is 1. The highest BCUT2D eigenvalue weighted by Gasteiger charge is 2.16. The number of halogens is 1. The standard InChI is InChI=1S/C16H14BrN3O/c17-14-7-6-13(10-15(14)19)16(21)20(9-8-18)11-12-4-2-1-3-5-12/h1-7,10H,9,11,19H2. The molecule has 21 heavy (non-hydrogen) atoms. The maximum atomic E-state index is 12.5. The van der Waals surface area contributed by atoms with E-state index in [0.717, 1.165) is 10.0 Å². The number of benzene rings is 2. The molecule has 2 rings (SSSR count). The summed E-state index contributed by atoms with van der Waals surface area (Å²) in [6.07, 6.45) is 0. The van der Waals surface area contributed by atoms with Gasteiger partial charge in [0.25, 0.3) is 5.91 Å². The predicted octanol–water partition coefficient (Wildman–Crippen LogP) is 3.20. The number of amides is 1. The van der Waals surface area contributed by atoms with E-state index >= 15 is 0 Å². The summed E-state index contributed by atoms with van der Waals surface area (Å²) in [4.78, 5) is 14.0. The van der Waals surface area contributed by atoms with Crippen LogP contribution in [0.25, 0.3) is 0 Å². The van der Waals surface area contributed by atoms with Crippen molar-refractivity contribution in [3.8, 4) is 6.07 Å². The number of rotatable bonds is 4. The molecule has 0 aliphatic heterocycles. The van der Waals surface area contributed by atoms with Crippen molar-refractivity contribution in [1.82, 2.24) is 4.90 Å². The van der Waals surface area contributed by atoms with Crippen LogP contribution in [0.3, 0.4) is 0 Å². The van der Waals surface area contributed by atoms with Gasteiger partial charge in [-0.2, -0.15) is 5.26 Å². The molecule has 0 fully saturated rings. The summed E-state index contributed by atoms with van der Waals surface area (Å²) in [5, 5.41) is 8.93. The Kier molecular flexibility index (Phi) is 4.96. The number of hydrogen-bond acceptors (Lipinski definition) is 3. The molecule has 0 radical (unpaired) electrons. The Labute approximate surface area is 131 Å². The van der Waals surface area contributed by atoms with E-state index in [9.17, 15) is 4.79 Å². The number of hydrogen-bond donors (Lipinski definition) is 1. The van der Waals surface area contributed by atoms with Crippen molar-refractivity contribution in [3.05, 3.63) is 64.1 Å². The van der Waals surface area contributed by atoms with Crippen LogP contribution in [0.15, 0.2) is 53.0 Å². The Morgan fingerprint density at radius 2 is 1.95 bits per heavy atom. The molecule has 2 N–H and O–H groups in total. The van der Waals surface area contributed by atoms with E-state index < -0.39 is 0 Å². The molecule has 0 aliphatic carbocycles. The highest BCUT2D eigenvalue weighted by Crippen LogP contribution is 2.21. The lowest BCUT2D eigenvalue weighted by molar-refractivity contribution is 0.0765. The molecular weight excluding hydrogens is 330 g/mol. The Balaban J connectivity index is 2.23. The highest BCUT2D eigenvalue weighted by atomic mass is 79.9. The van der Waals surface area contributed by atoms with Gasteiger partial charge < -0.3 is 10.6 Å². The summed E-state index contributed by atoms with van der Waals surface area (Å²) >= 11 is 3.30. The molecule has 2 aromatic carbocycles. The second kappa shape index (κ2) is 6.91. The topological polar surface area (TPSA) is 70.1 Å². The van der Waals surface area contributed by atoms with Gasteiger partial charge in [-0.3, -0.25) is 4.79 Å². The van der Waals surface area contributed by atoms with Crippen molar-refractivity contribution in [1.29, 1.82) is 5.26 Å². The van der Waals surface area contributed by atoms with E-state index in [1.54, 1.807) is 18.2 Å². The molecule has 0 atom stereocenters. The van der Waals surface area contributed by atoms with Crippen LogP contribution in [-0.4, -0.2) is 17.4 Å². The van der Waals surface area contributed by atoms with E-state index in [4.69, 9.17) is 11.0 Å². The fraction of sp³-hybridized carbons (Fsp3) is 0.125. The zero-order valence-electron chi connectivity index (χ0n) is 11.3. The van der Waals surface area contributed by atoms with Crippen molar-refractivity contribution < 1.29 is 4.79 Å². The third-order valence-electron chi connectivity index (χ3n) is 3.01. The summed E-state index contributed by atoms with van der Waals surface area (Å²) in [7, 11) is 0. The number of nitriles is 1. The molecule has 4 nitrogen and oxygen atoms in total. The van der Waals surface area contributed by atoms with E-state index in [2.05, 4.69) is 15.9 Å². The molecule has 0 unspecified atom stereocenters. The quantitative estimate of drug-likeness (QED) is 0.684. The van der Waals surface area contributed by atoms with E-state index in [1.807, 2.05) is 36.4 Å². The molecule has 2 aromatic rings. The van der Waals surface area contributed by atoms with E-state index in [-0.39, 0.29) is 12.5 Å². The van der Waals surface area contributed by atoms with Crippen LogP contribution in [-0.2, 0) is 6.54 Å². The van der Waals surface area contributed by atoms with Crippen molar-refractivity contribution >= 4 is 27.5 Å². The monoisotopic (exact) mass is 343 g/mol. The number of nitrogens with two attached hydrogens (primary N) is 1. The molecule has 0 bridgehead atoms. The second-order valence-electron chi connectivity index (χ2n) is 4.54. The van der Waals surface area contributed by atoms with Gasteiger partial charge in [0.05, 0.1) is 6.07 Å². The molecular formula is C16H14BrN3O. The van der Waals surface area contributed by atoms with Gasteiger partial charge in [0.2, 0.25) is 0 Å². The van der Waals surface area contributed by atoms with Crippen LogP contribution in [0.2, 0.25) is 0 Å². The number of carbonyl (C=O) groups is 1. The first-order chi connectivity index (χ1) is 10.1. The van der Waals surface area contributed by atoms with Crippen molar-refractivity contribution in [3.63, 3.8) is 0 Å². The zero-order chi connectivity index (χ0) is 15.2. The Hall–Kier alpha value is -2.32. The molecule has 0 heterocycles. The maximum Gasteiger partial charge on any atom is 0.255 e. The SMILES string of the molecule is N#CCN(Cc1ccccc1)C(=O)c1ccc(Br)c(N)c1. The van der Waals surface area contributed by atoms with Crippen LogP contribution in [0.1, 0.15) is 15.9 Å². The largest absolute Gasteiger partial charge is 0.398 e. The number of carbonyl (C=O) groups excluding carboxylic acids is 1. The first-order valence-electron chi connectivity index (χ1n) is 6.37. The van der Waals surface area contributed by atoms with Gasteiger partial charge in [-0.05, 0) is 39.7 Å².